The predicted molar refractivity (Wildman–Crippen MR) is 112 cm³/mol. The predicted octanol–water partition coefficient (Wildman–Crippen LogP) is 2.23. The van der Waals surface area contributed by atoms with Gasteiger partial charge in [-0.15, -0.1) is 0 Å². The van der Waals surface area contributed by atoms with Gasteiger partial charge in [0.25, 0.3) is 0 Å². The summed E-state index contributed by atoms with van der Waals surface area (Å²) in [7, 11) is -3.67. The molecule has 1 amide bonds. The number of carbonyl (C=O) groups is 1. The highest BCUT2D eigenvalue weighted by Crippen LogP contribution is 2.15. The highest BCUT2D eigenvalue weighted by molar-refractivity contribution is 7.92. The van der Waals surface area contributed by atoms with E-state index >= 15 is 0 Å². The molecule has 1 aliphatic rings. The summed E-state index contributed by atoms with van der Waals surface area (Å²) in [4.78, 5) is 16.3. The summed E-state index contributed by atoms with van der Waals surface area (Å²) in [6.45, 7) is 4.36. The standard InChI is InChI=1S/C21H25N3O3S/c1-18-7-9-19(10-8-18)11-16-28(26,27)22-17-21(25)24-14-12-23(13-15-24)20-5-3-2-4-6-20/h2-11,16,22H,12-15,17H2,1H3/b16-11+. The number of nitrogens with one attached hydrogen (secondary N) is 1. The van der Waals surface area contributed by atoms with Crippen LogP contribution in [0.1, 0.15) is 11.1 Å². The van der Waals surface area contributed by atoms with Crippen molar-refractivity contribution in [1.29, 1.82) is 0 Å². The van der Waals surface area contributed by atoms with Gasteiger partial charge in [0.05, 0.1) is 6.54 Å². The van der Waals surface area contributed by atoms with Crippen LogP contribution in [0.2, 0.25) is 0 Å². The average molecular weight is 400 g/mol. The minimum absolute atomic E-state index is 0.208. The first-order valence-corrected chi connectivity index (χ1v) is 10.8. The molecule has 1 aliphatic heterocycles. The van der Waals surface area contributed by atoms with Crippen LogP contribution in [0.4, 0.5) is 5.69 Å². The van der Waals surface area contributed by atoms with Gasteiger partial charge in [-0.1, -0.05) is 48.0 Å². The van der Waals surface area contributed by atoms with Gasteiger partial charge in [-0.3, -0.25) is 4.79 Å². The maximum Gasteiger partial charge on any atom is 0.237 e. The van der Waals surface area contributed by atoms with Crippen molar-refractivity contribution in [2.75, 3.05) is 37.6 Å². The third-order valence-corrected chi connectivity index (χ3v) is 5.74. The molecule has 0 bridgehead atoms. The van der Waals surface area contributed by atoms with Crippen molar-refractivity contribution in [1.82, 2.24) is 9.62 Å². The first kappa shape index (κ1) is 20.1. The van der Waals surface area contributed by atoms with Crippen molar-refractivity contribution in [3.8, 4) is 0 Å². The van der Waals surface area contributed by atoms with Gasteiger partial charge < -0.3 is 9.80 Å². The molecule has 0 atom stereocenters. The molecule has 1 N–H and O–H groups in total. The number of benzene rings is 2. The van der Waals surface area contributed by atoms with E-state index in [-0.39, 0.29) is 12.5 Å². The second kappa shape index (κ2) is 9.03. The van der Waals surface area contributed by atoms with Gasteiger partial charge >= 0.3 is 0 Å². The van der Waals surface area contributed by atoms with Crippen LogP contribution in [0.5, 0.6) is 0 Å². The molecule has 0 aromatic heterocycles. The molecule has 1 heterocycles. The molecule has 2 aromatic carbocycles. The van der Waals surface area contributed by atoms with E-state index in [1.165, 1.54) is 6.08 Å². The van der Waals surface area contributed by atoms with E-state index in [0.29, 0.717) is 13.1 Å². The number of anilines is 1. The number of hydrogen-bond acceptors (Lipinski definition) is 4. The lowest BCUT2D eigenvalue weighted by atomic mass is 10.2. The minimum atomic E-state index is -3.67. The monoisotopic (exact) mass is 399 g/mol. The summed E-state index contributed by atoms with van der Waals surface area (Å²) >= 11 is 0. The minimum Gasteiger partial charge on any atom is -0.368 e. The first-order chi connectivity index (χ1) is 13.4. The van der Waals surface area contributed by atoms with Crippen molar-refractivity contribution in [2.24, 2.45) is 0 Å². The normalized spacial score (nSPS) is 15.2. The van der Waals surface area contributed by atoms with Crippen molar-refractivity contribution in [3.05, 3.63) is 71.1 Å². The fourth-order valence-electron chi connectivity index (χ4n) is 3.02. The van der Waals surface area contributed by atoms with Crippen molar-refractivity contribution in [3.63, 3.8) is 0 Å². The zero-order valence-electron chi connectivity index (χ0n) is 15.9. The van der Waals surface area contributed by atoms with E-state index in [4.69, 9.17) is 0 Å². The molecule has 28 heavy (non-hydrogen) atoms. The summed E-state index contributed by atoms with van der Waals surface area (Å²) in [6.07, 6.45) is 1.52. The largest absolute Gasteiger partial charge is 0.368 e. The Bertz CT molecular complexity index is 917. The van der Waals surface area contributed by atoms with Gasteiger partial charge in [0.1, 0.15) is 0 Å². The number of rotatable bonds is 6. The molecule has 6 nitrogen and oxygen atoms in total. The molecular formula is C21H25N3O3S. The molecule has 0 unspecified atom stereocenters. The smallest absolute Gasteiger partial charge is 0.237 e. The lowest BCUT2D eigenvalue weighted by Gasteiger charge is -2.36. The van der Waals surface area contributed by atoms with Crippen molar-refractivity contribution in [2.45, 2.75) is 6.92 Å². The van der Waals surface area contributed by atoms with Crippen molar-refractivity contribution >= 4 is 27.7 Å². The average Bonchev–Trinajstić information content (AvgIpc) is 2.72. The molecule has 7 heteroatoms. The third-order valence-electron chi connectivity index (χ3n) is 4.70. The molecule has 0 radical (unpaired) electrons. The maximum atomic E-state index is 12.4. The Kier molecular flexibility index (Phi) is 6.49. The SMILES string of the molecule is Cc1ccc(/C=C/S(=O)(=O)NCC(=O)N2CCN(c3ccccc3)CC2)cc1. The van der Waals surface area contributed by atoms with E-state index in [1.54, 1.807) is 4.90 Å². The highest BCUT2D eigenvalue weighted by atomic mass is 32.2. The molecule has 0 aliphatic carbocycles. The van der Waals surface area contributed by atoms with Gasteiger partial charge in [0.2, 0.25) is 15.9 Å². The van der Waals surface area contributed by atoms with Crippen molar-refractivity contribution < 1.29 is 13.2 Å². The molecule has 0 saturated carbocycles. The lowest BCUT2D eigenvalue weighted by Crippen LogP contribution is -2.51. The Morgan fingerprint density at radius 1 is 1.00 bits per heavy atom. The van der Waals surface area contributed by atoms with Gasteiger partial charge in [0.15, 0.2) is 0 Å². The molecular weight excluding hydrogens is 374 g/mol. The Morgan fingerprint density at radius 2 is 1.64 bits per heavy atom. The van der Waals surface area contributed by atoms with Gasteiger partial charge in [-0.2, -0.15) is 0 Å². The van der Waals surface area contributed by atoms with E-state index in [2.05, 4.69) is 9.62 Å². The fourth-order valence-corrected chi connectivity index (χ4v) is 3.78. The molecule has 1 fully saturated rings. The second-order valence-electron chi connectivity index (χ2n) is 6.78. The number of amides is 1. The Labute approximate surface area is 166 Å². The molecule has 3 rings (SSSR count). The summed E-state index contributed by atoms with van der Waals surface area (Å²) in [5, 5.41) is 1.10. The van der Waals surface area contributed by atoms with Crippen LogP contribution in [0.25, 0.3) is 6.08 Å². The fraction of sp³-hybridized carbons (Fsp3) is 0.286. The number of piperazine rings is 1. The third kappa shape index (κ3) is 5.68. The number of nitrogens with zero attached hydrogens (tertiary/aromatic N) is 2. The highest BCUT2D eigenvalue weighted by Gasteiger charge is 2.22. The first-order valence-electron chi connectivity index (χ1n) is 9.25. The van der Waals surface area contributed by atoms with Crippen LogP contribution in [-0.2, 0) is 14.8 Å². The van der Waals surface area contributed by atoms with Crippen LogP contribution in [0.15, 0.2) is 60.0 Å². The zero-order chi connectivity index (χ0) is 20.0. The molecule has 0 spiro atoms. The quantitative estimate of drug-likeness (QED) is 0.809. The molecule has 148 valence electrons. The zero-order valence-corrected chi connectivity index (χ0v) is 16.7. The van der Waals surface area contributed by atoms with Gasteiger partial charge in [-0.25, -0.2) is 13.1 Å². The number of aryl methyl sites for hydroxylation is 1. The Morgan fingerprint density at radius 3 is 2.29 bits per heavy atom. The Balaban J connectivity index is 1.48. The lowest BCUT2D eigenvalue weighted by molar-refractivity contribution is -0.130. The number of hydrogen-bond donors (Lipinski definition) is 1. The summed E-state index contributed by atoms with van der Waals surface area (Å²) in [5.41, 5.74) is 3.03. The summed E-state index contributed by atoms with van der Waals surface area (Å²) in [6, 6.07) is 17.6. The summed E-state index contributed by atoms with van der Waals surface area (Å²) < 4.78 is 26.6. The van der Waals surface area contributed by atoms with E-state index in [0.717, 1.165) is 35.3 Å². The van der Waals surface area contributed by atoms with Crippen LogP contribution in [-0.4, -0.2) is 51.9 Å². The second-order valence-corrected chi connectivity index (χ2v) is 8.43. The van der Waals surface area contributed by atoms with Crippen LogP contribution in [0, 0.1) is 6.92 Å². The number of carbonyl (C=O) groups excluding carboxylic acids is 1. The van der Waals surface area contributed by atoms with E-state index in [1.807, 2.05) is 61.5 Å². The maximum absolute atomic E-state index is 12.4. The number of para-hydroxylation sites is 1. The van der Waals surface area contributed by atoms with E-state index < -0.39 is 10.0 Å². The molecule has 2 aromatic rings. The number of sulfonamides is 1. The Hall–Kier alpha value is -2.64. The van der Waals surface area contributed by atoms with E-state index in [9.17, 15) is 13.2 Å². The van der Waals surface area contributed by atoms with Gasteiger partial charge in [-0.05, 0) is 30.7 Å². The van der Waals surface area contributed by atoms with Gasteiger partial charge in [0, 0.05) is 37.3 Å². The summed E-state index contributed by atoms with van der Waals surface area (Å²) in [5.74, 6) is -0.208. The topological polar surface area (TPSA) is 69.7 Å². The van der Waals surface area contributed by atoms with Crippen LogP contribution >= 0.6 is 0 Å². The van der Waals surface area contributed by atoms with Crippen LogP contribution in [0.3, 0.4) is 0 Å². The van der Waals surface area contributed by atoms with Crippen LogP contribution < -0.4 is 9.62 Å². The molecule has 1 saturated heterocycles.